The summed E-state index contributed by atoms with van der Waals surface area (Å²) in [4.78, 5) is 38.5. The zero-order valence-electron chi connectivity index (χ0n) is 13.9. The van der Waals surface area contributed by atoms with Crippen molar-refractivity contribution in [1.29, 1.82) is 0 Å². The number of fused-ring (bicyclic) bond motifs is 2. The molecular weight excluding hydrogens is 370 g/mol. The summed E-state index contributed by atoms with van der Waals surface area (Å²) >= 11 is 0. The van der Waals surface area contributed by atoms with E-state index in [9.17, 15) is 22.8 Å². The number of nitrogens with two attached hydrogens (primary N) is 2. The van der Waals surface area contributed by atoms with Crippen molar-refractivity contribution in [3.05, 3.63) is 0 Å². The molecule has 0 radical (unpaired) electrons. The van der Waals surface area contributed by atoms with Crippen LogP contribution in [0, 0.1) is 5.92 Å². The molecule has 0 spiro atoms. The Labute approximate surface area is 149 Å². The first-order chi connectivity index (χ1) is 12.1. The summed E-state index contributed by atoms with van der Waals surface area (Å²) < 4.78 is 34.8. The molecular formula is C13H21N5O7S. The predicted molar refractivity (Wildman–Crippen MR) is 84.7 cm³/mol. The molecule has 146 valence electrons. The topological polar surface area (TPSA) is 177 Å². The van der Waals surface area contributed by atoms with Crippen molar-refractivity contribution in [2.24, 2.45) is 17.5 Å². The highest BCUT2D eigenvalue weighted by molar-refractivity contribution is 7.80. The molecule has 0 aromatic heterocycles. The van der Waals surface area contributed by atoms with Gasteiger partial charge >= 0.3 is 16.4 Å². The average Bonchev–Trinajstić information content (AvgIpc) is 3.10. The SMILES string of the molecule is N[C@@H]1CCCC1C(=O)N(N)C(=O)C1CCC2CN1C(=O)N2OS(=O)(=O)O. The molecule has 1 aliphatic carbocycles. The van der Waals surface area contributed by atoms with Gasteiger partial charge in [-0.3, -0.25) is 14.1 Å². The molecule has 0 aromatic carbocycles. The van der Waals surface area contributed by atoms with Crippen molar-refractivity contribution in [2.75, 3.05) is 6.54 Å². The van der Waals surface area contributed by atoms with E-state index in [2.05, 4.69) is 4.28 Å². The van der Waals surface area contributed by atoms with Crippen molar-refractivity contribution in [1.82, 2.24) is 15.0 Å². The molecule has 3 fully saturated rings. The van der Waals surface area contributed by atoms with Gasteiger partial charge in [0.2, 0.25) is 5.91 Å². The minimum absolute atomic E-state index is 0.0235. The Morgan fingerprint density at radius 1 is 1.19 bits per heavy atom. The van der Waals surface area contributed by atoms with Crippen LogP contribution in [0.15, 0.2) is 0 Å². The van der Waals surface area contributed by atoms with Gasteiger partial charge in [0.25, 0.3) is 5.91 Å². The summed E-state index contributed by atoms with van der Waals surface area (Å²) in [5, 5.41) is 1.04. The number of hydrazine groups is 1. The van der Waals surface area contributed by atoms with Crippen LogP contribution in [0.2, 0.25) is 0 Å². The van der Waals surface area contributed by atoms with E-state index in [0.717, 1.165) is 11.3 Å². The fourth-order valence-electron chi connectivity index (χ4n) is 3.83. The highest BCUT2D eigenvalue weighted by atomic mass is 32.3. The number of nitrogens with zero attached hydrogens (tertiary/aromatic N) is 3. The summed E-state index contributed by atoms with van der Waals surface area (Å²) in [5.74, 6) is 3.83. The normalized spacial score (nSPS) is 31.4. The highest BCUT2D eigenvalue weighted by Gasteiger charge is 2.50. The highest BCUT2D eigenvalue weighted by Crippen LogP contribution is 2.32. The van der Waals surface area contributed by atoms with E-state index >= 15 is 0 Å². The van der Waals surface area contributed by atoms with Gasteiger partial charge in [0, 0.05) is 12.6 Å². The third-order valence-corrected chi connectivity index (χ3v) is 5.49. The first-order valence-corrected chi connectivity index (χ1v) is 9.61. The van der Waals surface area contributed by atoms with Crippen LogP contribution in [0.25, 0.3) is 0 Å². The van der Waals surface area contributed by atoms with Gasteiger partial charge in [-0.2, -0.15) is 13.5 Å². The van der Waals surface area contributed by atoms with Gasteiger partial charge in [0.05, 0.1) is 12.0 Å². The zero-order chi connectivity index (χ0) is 19.2. The molecule has 2 saturated heterocycles. The summed E-state index contributed by atoms with van der Waals surface area (Å²) in [6, 6.07) is -2.88. The van der Waals surface area contributed by atoms with Crippen LogP contribution in [0.1, 0.15) is 32.1 Å². The predicted octanol–water partition coefficient (Wildman–Crippen LogP) is -1.65. The molecule has 3 unspecified atom stereocenters. The Bertz CT molecular complexity index is 728. The quantitative estimate of drug-likeness (QED) is 0.166. The molecule has 3 aliphatic rings. The Morgan fingerprint density at radius 2 is 1.88 bits per heavy atom. The van der Waals surface area contributed by atoms with Gasteiger partial charge < -0.3 is 10.6 Å². The van der Waals surface area contributed by atoms with Crippen molar-refractivity contribution < 1.29 is 31.6 Å². The number of rotatable bonds is 4. The van der Waals surface area contributed by atoms with Crippen LogP contribution in [0.3, 0.4) is 0 Å². The Kier molecular flexibility index (Phi) is 4.92. The number of amides is 4. The van der Waals surface area contributed by atoms with E-state index in [-0.39, 0.29) is 25.4 Å². The zero-order valence-corrected chi connectivity index (χ0v) is 14.7. The number of imide groups is 1. The Hall–Kier alpha value is -1.80. The maximum absolute atomic E-state index is 12.6. The summed E-state index contributed by atoms with van der Waals surface area (Å²) in [5.41, 5.74) is 5.87. The van der Waals surface area contributed by atoms with E-state index in [1.165, 1.54) is 0 Å². The molecule has 2 bridgehead atoms. The minimum Gasteiger partial charge on any atom is -0.327 e. The lowest BCUT2D eigenvalue weighted by atomic mass is 9.99. The lowest BCUT2D eigenvalue weighted by molar-refractivity contribution is -0.151. The number of carbonyl (C=O) groups excluding carboxylic acids is 3. The molecule has 3 rings (SSSR count). The largest absolute Gasteiger partial charge is 0.418 e. The van der Waals surface area contributed by atoms with Gasteiger partial charge in [-0.25, -0.2) is 15.6 Å². The van der Waals surface area contributed by atoms with Crippen molar-refractivity contribution in [3.63, 3.8) is 0 Å². The number of piperidine rings is 1. The van der Waals surface area contributed by atoms with Crippen LogP contribution in [-0.2, 0) is 24.3 Å². The lowest BCUT2D eigenvalue weighted by Gasteiger charge is -2.32. The third-order valence-electron chi connectivity index (χ3n) is 5.14. The van der Waals surface area contributed by atoms with Gasteiger partial charge in [-0.15, -0.1) is 4.28 Å². The number of hydrogen-bond acceptors (Lipinski definition) is 8. The number of carbonyl (C=O) groups is 3. The fourth-order valence-corrected chi connectivity index (χ4v) is 4.22. The summed E-state index contributed by atoms with van der Waals surface area (Å²) in [7, 11) is -4.87. The first-order valence-electron chi connectivity index (χ1n) is 8.25. The lowest BCUT2D eigenvalue weighted by Crippen LogP contribution is -2.57. The van der Waals surface area contributed by atoms with Crippen LogP contribution in [0.5, 0.6) is 0 Å². The number of hydroxylamine groups is 2. The molecule has 4 atom stereocenters. The van der Waals surface area contributed by atoms with E-state index in [0.29, 0.717) is 22.9 Å². The maximum Gasteiger partial charge on any atom is 0.418 e. The van der Waals surface area contributed by atoms with E-state index in [1.54, 1.807) is 0 Å². The van der Waals surface area contributed by atoms with Gasteiger partial charge in [0.15, 0.2) is 0 Å². The van der Waals surface area contributed by atoms with Gasteiger partial charge in [0.1, 0.15) is 6.04 Å². The van der Waals surface area contributed by atoms with Crippen molar-refractivity contribution in [2.45, 2.75) is 50.2 Å². The van der Waals surface area contributed by atoms with Crippen LogP contribution in [-0.4, -0.2) is 70.5 Å². The maximum atomic E-state index is 12.6. The smallest absolute Gasteiger partial charge is 0.327 e. The van der Waals surface area contributed by atoms with E-state index < -0.39 is 46.2 Å². The van der Waals surface area contributed by atoms with E-state index in [1.807, 2.05) is 0 Å². The summed E-state index contributed by atoms with van der Waals surface area (Å²) in [6.45, 7) is 0.0235. The Morgan fingerprint density at radius 3 is 2.46 bits per heavy atom. The number of hydrogen-bond donors (Lipinski definition) is 3. The second kappa shape index (κ2) is 6.74. The molecule has 4 amide bonds. The van der Waals surface area contributed by atoms with Crippen molar-refractivity contribution in [3.8, 4) is 0 Å². The van der Waals surface area contributed by atoms with Crippen molar-refractivity contribution >= 4 is 28.2 Å². The average molecular weight is 391 g/mol. The molecule has 5 N–H and O–H groups in total. The third kappa shape index (κ3) is 3.40. The second-order valence-corrected chi connectivity index (χ2v) is 7.76. The molecule has 26 heavy (non-hydrogen) atoms. The molecule has 0 aromatic rings. The number of urea groups is 1. The van der Waals surface area contributed by atoms with Crippen LogP contribution in [0.4, 0.5) is 4.79 Å². The second-order valence-electron chi connectivity index (χ2n) is 6.76. The molecule has 1 saturated carbocycles. The van der Waals surface area contributed by atoms with Gasteiger partial charge in [-0.1, -0.05) is 6.42 Å². The minimum atomic E-state index is -4.87. The van der Waals surface area contributed by atoms with E-state index in [4.69, 9.17) is 16.1 Å². The van der Waals surface area contributed by atoms with Crippen LogP contribution >= 0.6 is 0 Å². The monoisotopic (exact) mass is 391 g/mol. The first kappa shape index (κ1) is 19.0. The summed E-state index contributed by atoms with van der Waals surface area (Å²) in [6.07, 6.45) is 2.43. The molecule has 13 heteroatoms. The molecule has 2 heterocycles. The fraction of sp³-hybridized carbons (Fsp3) is 0.769. The standard InChI is InChI=1S/C13H21N5O7S/c14-9-3-1-2-8(9)11(19)17(15)12(20)10-5-4-7-6-16(10)13(21)18(7)25-26(22,23)24/h7-10H,1-6,14-15H2,(H,22,23,24)/t7?,8?,9-,10?/m1/s1. The molecule has 2 aliphatic heterocycles. The van der Waals surface area contributed by atoms with Crippen LogP contribution < -0.4 is 11.6 Å². The molecule has 12 nitrogen and oxygen atoms in total. The Balaban J connectivity index is 1.71. The van der Waals surface area contributed by atoms with Gasteiger partial charge in [-0.05, 0) is 25.7 Å².